The third-order valence-electron chi connectivity index (χ3n) is 2.51. The van der Waals surface area contributed by atoms with Gasteiger partial charge in [0.2, 0.25) is 0 Å². The lowest BCUT2D eigenvalue weighted by atomic mass is 10.2. The lowest BCUT2D eigenvalue weighted by Crippen LogP contribution is -2.30. The summed E-state index contributed by atoms with van der Waals surface area (Å²) < 4.78 is 0. The second kappa shape index (κ2) is 5.70. The Morgan fingerprint density at radius 3 is 2.13 bits per heavy atom. The van der Waals surface area contributed by atoms with Crippen molar-refractivity contribution in [2.75, 3.05) is 13.1 Å². The monoisotopic (exact) mass is 215 g/mol. The summed E-state index contributed by atoms with van der Waals surface area (Å²) >= 11 is 0. The topological polar surface area (TPSA) is 77.8 Å². The summed E-state index contributed by atoms with van der Waals surface area (Å²) in [6, 6.07) is 0.498. The van der Waals surface area contributed by atoms with Crippen LogP contribution >= 0.6 is 0 Å². The molecule has 0 unspecified atom stereocenters. The highest BCUT2D eigenvalue weighted by Crippen LogP contribution is 2.27. The van der Waals surface area contributed by atoms with E-state index in [9.17, 15) is 9.59 Å². The van der Waals surface area contributed by atoms with Crippen LogP contribution in [0.15, 0.2) is 0 Å². The van der Waals surface area contributed by atoms with Crippen LogP contribution in [-0.2, 0) is 9.59 Å². The van der Waals surface area contributed by atoms with Crippen LogP contribution < -0.4 is 0 Å². The fraction of sp³-hybridized carbons (Fsp3) is 0.800. The van der Waals surface area contributed by atoms with Gasteiger partial charge in [0.25, 0.3) is 0 Å². The molecule has 86 valence electrons. The van der Waals surface area contributed by atoms with Gasteiger partial charge in [-0.25, -0.2) is 0 Å². The summed E-state index contributed by atoms with van der Waals surface area (Å²) in [5, 5.41) is 17.0. The van der Waals surface area contributed by atoms with Gasteiger partial charge >= 0.3 is 11.9 Å². The Morgan fingerprint density at radius 2 is 1.67 bits per heavy atom. The summed E-state index contributed by atoms with van der Waals surface area (Å²) in [4.78, 5) is 22.8. The molecule has 0 radical (unpaired) electrons. The molecular weight excluding hydrogens is 198 g/mol. The van der Waals surface area contributed by atoms with Gasteiger partial charge in [0, 0.05) is 19.0 Å². The summed E-state index contributed by atoms with van der Waals surface area (Å²) in [5.74, 6) is -1.58. The summed E-state index contributed by atoms with van der Waals surface area (Å²) in [6.07, 6.45) is 3.14. The fourth-order valence-electron chi connectivity index (χ4n) is 1.59. The Balaban J connectivity index is 2.18. The first-order valence-electron chi connectivity index (χ1n) is 5.27. The van der Waals surface area contributed by atoms with Crippen LogP contribution in [0.1, 0.15) is 32.1 Å². The molecular formula is C10H17NO4. The fourth-order valence-corrected chi connectivity index (χ4v) is 1.59. The highest BCUT2D eigenvalue weighted by atomic mass is 16.4. The van der Waals surface area contributed by atoms with E-state index in [1.165, 1.54) is 0 Å². The molecule has 0 aromatic rings. The predicted molar refractivity (Wildman–Crippen MR) is 53.7 cm³/mol. The van der Waals surface area contributed by atoms with Crippen LogP contribution in [0.5, 0.6) is 0 Å². The molecule has 0 saturated heterocycles. The summed E-state index contributed by atoms with van der Waals surface area (Å²) in [5.41, 5.74) is 0. The third kappa shape index (κ3) is 5.37. The van der Waals surface area contributed by atoms with Gasteiger partial charge in [0.1, 0.15) is 0 Å². The van der Waals surface area contributed by atoms with Crippen molar-refractivity contribution in [3.8, 4) is 0 Å². The predicted octanol–water partition coefficient (Wildman–Crippen LogP) is 0.790. The number of hydrogen-bond acceptors (Lipinski definition) is 3. The standard InChI is InChI=1S/C10H17NO4/c12-9(13)2-1-6-11(8-3-4-8)7-5-10(14)15/h8H,1-7H2,(H,12,13)(H,14,15). The van der Waals surface area contributed by atoms with Gasteiger partial charge in [0.05, 0.1) is 6.42 Å². The van der Waals surface area contributed by atoms with Gasteiger partial charge < -0.3 is 10.2 Å². The molecule has 1 aliphatic carbocycles. The number of hydrogen-bond donors (Lipinski definition) is 2. The number of rotatable bonds is 8. The zero-order chi connectivity index (χ0) is 11.3. The molecule has 2 N–H and O–H groups in total. The Morgan fingerprint density at radius 1 is 1.07 bits per heavy atom. The summed E-state index contributed by atoms with van der Waals surface area (Å²) in [7, 11) is 0. The first kappa shape index (κ1) is 12.0. The minimum atomic E-state index is -0.793. The molecule has 5 heteroatoms. The van der Waals surface area contributed by atoms with Gasteiger partial charge in [0.15, 0.2) is 0 Å². The molecule has 0 bridgehead atoms. The Kier molecular flexibility index (Phi) is 4.55. The van der Waals surface area contributed by atoms with E-state index in [1.54, 1.807) is 0 Å². The number of carboxylic acid groups (broad SMARTS) is 2. The molecule has 1 aliphatic rings. The van der Waals surface area contributed by atoms with E-state index in [-0.39, 0.29) is 12.8 Å². The van der Waals surface area contributed by atoms with E-state index in [4.69, 9.17) is 10.2 Å². The van der Waals surface area contributed by atoms with E-state index >= 15 is 0 Å². The molecule has 0 aromatic carbocycles. The third-order valence-corrected chi connectivity index (χ3v) is 2.51. The highest BCUT2D eigenvalue weighted by Gasteiger charge is 2.28. The maximum absolute atomic E-state index is 10.4. The number of aliphatic carboxylic acids is 2. The first-order valence-corrected chi connectivity index (χ1v) is 5.27. The molecule has 1 saturated carbocycles. The van der Waals surface area contributed by atoms with E-state index in [0.29, 0.717) is 25.6 Å². The number of carboxylic acids is 2. The lowest BCUT2D eigenvalue weighted by Gasteiger charge is -2.20. The van der Waals surface area contributed by atoms with Gasteiger partial charge in [-0.2, -0.15) is 0 Å². The largest absolute Gasteiger partial charge is 0.481 e. The molecule has 0 atom stereocenters. The van der Waals surface area contributed by atoms with Gasteiger partial charge in [-0.3, -0.25) is 14.5 Å². The molecule has 15 heavy (non-hydrogen) atoms. The molecule has 0 amide bonds. The lowest BCUT2D eigenvalue weighted by molar-refractivity contribution is -0.138. The van der Waals surface area contributed by atoms with Crippen molar-refractivity contribution in [1.29, 1.82) is 0 Å². The number of nitrogens with zero attached hydrogens (tertiary/aromatic N) is 1. The minimum Gasteiger partial charge on any atom is -0.481 e. The molecule has 0 spiro atoms. The first-order chi connectivity index (χ1) is 7.09. The van der Waals surface area contributed by atoms with Crippen LogP contribution in [0.25, 0.3) is 0 Å². The number of carbonyl (C=O) groups is 2. The van der Waals surface area contributed by atoms with Crippen molar-refractivity contribution >= 4 is 11.9 Å². The second-order valence-electron chi connectivity index (χ2n) is 3.91. The van der Waals surface area contributed by atoms with Crippen LogP contribution in [-0.4, -0.2) is 46.2 Å². The van der Waals surface area contributed by atoms with Crippen LogP contribution in [0.3, 0.4) is 0 Å². The Hall–Kier alpha value is -1.10. The van der Waals surface area contributed by atoms with Crippen molar-refractivity contribution in [3.63, 3.8) is 0 Å². The van der Waals surface area contributed by atoms with Crippen molar-refractivity contribution < 1.29 is 19.8 Å². The average Bonchev–Trinajstić information content (AvgIpc) is 2.93. The van der Waals surface area contributed by atoms with Crippen LogP contribution in [0, 0.1) is 0 Å². The van der Waals surface area contributed by atoms with Gasteiger partial charge in [-0.1, -0.05) is 0 Å². The van der Waals surface area contributed by atoms with Gasteiger partial charge in [-0.15, -0.1) is 0 Å². The SMILES string of the molecule is O=C(O)CCCN(CCC(=O)O)C1CC1. The molecule has 0 aromatic heterocycles. The van der Waals surface area contributed by atoms with Crippen molar-refractivity contribution in [2.24, 2.45) is 0 Å². The minimum absolute atomic E-state index is 0.142. The van der Waals surface area contributed by atoms with Gasteiger partial charge in [-0.05, 0) is 25.8 Å². The Labute approximate surface area is 88.7 Å². The normalized spacial score (nSPS) is 15.5. The maximum atomic E-state index is 10.4. The second-order valence-corrected chi connectivity index (χ2v) is 3.91. The van der Waals surface area contributed by atoms with E-state index < -0.39 is 11.9 Å². The van der Waals surface area contributed by atoms with Crippen LogP contribution in [0.2, 0.25) is 0 Å². The summed E-state index contributed by atoms with van der Waals surface area (Å²) in [6.45, 7) is 1.24. The van der Waals surface area contributed by atoms with Crippen LogP contribution in [0.4, 0.5) is 0 Å². The average molecular weight is 215 g/mol. The van der Waals surface area contributed by atoms with E-state index in [1.807, 2.05) is 0 Å². The molecule has 5 nitrogen and oxygen atoms in total. The van der Waals surface area contributed by atoms with Crippen molar-refractivity contribution in [1.82, 2.24) is 4.90 Å². The Bertz CT molecular complexity index is 238. The molecule has 1 rings (SSSR count). The molecule has 0 aliphatic heterocycles. The molecule has 0 heterocycles. The van der Waals surface area contributed by atoms with E-state index in [2.05, 4.69) is 4.90 Å². The quantitative estimate of drug-likeness (QED) is 0.626. The zero-order valence-corrected chi connectivity index (χ0v) is 8.69. The maximum Gasteiger partial charge on any atom is 0.304 e. The van der Waals surface area contributed by atoms with E-state index in [0.717, 1.165) is 12.8 Å². The van der Waals surface area contributed by atoms with Crippen molar-refractivity contribution in [2.45, 2.75) is 38.1 Å². The van der Waals surface area contributed by atoms with Crippen molar-refractivity contribution in [3.05, 3.63) is 0 Å². The smallest absolute Gasteiger partial charge is 0.304 e. The zero-order valence-electron chi connectivity index (χ0n) is 8.69. The molecule has 1 fully saturated rings. The highest BCUT2D eigenvalue weighted by molar-refractivity contribution is 5.67.